The molecule has 2 saturated heterocycles. The van der Waals surface area contributed by atoms with Crippen LogP contribution in [0.2, 0.25) is 0 Å². The van der Waals surface area contributed by atoms with Crippen LogP contribution >= 0.6 is 0 Å². The molecule has 3 aliphatic heterocycles. The Kier molecular flexibility index (Phi) is 5.80. The number of hydrogen-bond acceptors (Lipinski definition) is 5. The molecule has 164 valence electrons. The van der Waals surface area contributed by atoms with E-state index in [0.717, 1.165) is 38.9 Å². The van der Waals surface area contributed by atoms with E-state index in [4.69, 9.17) is 9.47 Å². The van der Waals surface area contributed by atoms with Gasteiger partial charge in [0.05, 0.1) is 5.41 Å². The fourth-order valence-electron chi connectivity index (χ4n) is 4.92. The van der Waals surface area contributed by atoms with Gasteiger partial charge >= 0.3 is 12.1 Å². The standard InChI is InChI=1S/C24H34N2O4/c1-23(2,3)30-22(28)26-14-10-24(11-15-26)16-20(29-21(24)27)9-13-25-12-8-18-6-4-5-7-19(18)17-25/h4-7,20H,8-17H2,1-3H3. The van der Waals surface area contributed by atoms with Crippen molar-refractivity contribution in [2.75, 3.05) is 26.2 Å². The maximum absolute atomic E-state index is 12.7. The average molecular weight is 415 g/mol. The lowest BCUT2D eigenvalue weighted by Gasteiger charge is -2.37. The molecule has 0 radical (unpaired) electrons. The first-order valence-corrected chi connectivity index (χ1v) is 11.2. The van der Waals surface area contributed by atoms with Crippen molar-refractivity contribution < 1.29 is 19.1 Å². The summed E-state index contributed by atoms with van der Waals surface area (Å²) in [6, 6.07) is 8.65. The third-order valence-electron chi connectivity index (χ3n) is 6.67. The maximum Gasteiger partial charge on any atom is 0.410 e. The van der Waals surface area contributed by atoms with E-state index in [1.54, 1.807) is 4.90 Å². The van der Waals surface area contributed by atoms with E-state index < -0.39 is 11.0 Å². The van der Waals surface area contributed by atoms with Crippen LogP contribution in [-0.2, 0) is 27.2 Å². The van der Waals surface area contributed by atoms with Crippen molar-refractivity contribution >= 4 is 12.1 Å². The van der Waals surface area contributed by atoms with Crippen LogP contribution in [0.4, 0.5) is 4.79 Å². The number of piperidine rings is 1. The number of ether oxygens (including phenoxy) is 2. The van der Waals surface area contributed by atoms with Crippen LogP contribution < -0.4 is 0 Å². The molecular formula is C24H34N2O4. The van der Waals surface area contributed by atoms with E-state index in [1.807, 2.05) is 20.8 Å². The van der Waals surface area contributed by atoms with Crippen LogP contribution in [0.1, 0.15) is 57.6 Å². The molecule has 3 aliphatic rings. The summed E-state index contributed by atoms with van der Waals surface area (Å²) in [7, 11) is 0. The van der Waals surface area contributed by atoms with Crippen molar-refractivity contribution in [3.63, 3.8) is 0 Å². The normalized spacial score (nSPS) is 23.9. The number of carbonyl (C=O) groups is 2. The molecule has 2 fully saturated rings. The topological polar surface area (TPSA) is 59.1 Å². The number of rotatable bonds is 3. The molecule has 1 aromatic carbocycles. The van der Waals surface area contributed by atoms with Gasteiger partial charge in [0.2, 0.25) is 0 Å². The molecule has 0 aliphatic carbocycles. The summed E-state index contributed by atoms with van der Waals surface area (Å²) >= 11 is 0. The maximum atomic E-state index is 12.7. The van der Waals surface area contributed by atoms with E-state index in [2.05, 4.69) is 29.2 Å². The molecule has 30 heavy (non-hydrogen) atoms. The molecule has 6 nitrogen and oxygen atoms in total. The zero-order valence-electron chi connectivity index (χ0n) is 18.5. The van der Waals surface area contributed by atoms with Gasteiger partial charge in [0.1, 0.15) is 11.7 Å². The first kappa shape index (κ1) is 21.2. The third-order valence-corrected chi connectivity index (χ3v) is 6.67. The molecule has 1 aromatic rings. The quantitative estimate of drug-likeness (QED) is 0.705. The predicted molar refractivity (Wildman–Crippen MR) is 114 cm³/mol. The number of nitrogens with zero attached hydrogens (tertiary/aromatic N) is 2. The van der Waals surface area contributed by atoms with Crippen molar-refractivity contribution in [1.82, 2.24) is 9.80 Å². The number of esters is 1. The summed E-state index contributed by atoms with van der Waals surface area (Å²) in [5, 5.41) is 0. The van der Waals surface area contributed by atoms with Crippen LogP contribution in [0.15, 0.2) is 24.3 Å². The van der Waals surface area contributed by atoms with Crippen molar-refractivity contribution in [3.8, 4) is 0 Å². The fraction of sp³-hybridized carbons (Fsp3) is 0.667. The molecule has 0 N–H and O–H groups in total. The van der Waals surface area contributed by atoms with Crippen LogP contribution in [0.25, 0.3) is 0 Å². The van der Waals surface area contributed by atoms with E-state index in [-0.39, 0.29) is 18.2 Å². The lowest BCUT2D eigenvalue weighted by Crippen LogP contribution is -2.46. The zero-order chi connectivity index (χ0) is 21.4. The largest absolute Gasteiger partial charge is 0.462 e. The number of cyclic esters (lactones) is 1. The number of carbonyl (C=O) groups excluding carboxylic acids is 2. The minimum Gasteiger partial charge on any atom is -0.462 e. The summed E-state index contributed by atoms with van der Waals surface area (Å²) < 4.78 is 11.3. The van der Waals surface area contributed by atoms with Crippen LogP contribution in [0.3, 0.4) is 0 Å². The van der Waals surface area contributed by atoms with Crippen molar-refractivity contribution in [3.05, 3.63) is 35.4 Å². The molecule has 1 unspecified atom stereocenters. The highest BCUT2D eigenvalue weighted by Gasteiger charge is 2.51. The Morgan fingerprint density at radius 1 is 1.17 bits per heavy atom. The van der Waals surface area contributed by atoms with Gasteiger partial charge in [-0.2, -0.15) is 0 Å². The molecule has 4 rings (SSSR count). The van der Waals surface area contributed by atoms with Gasteiger partial charge in [0.15, 0.2) is 0 Å². The Bertz CT molecular complexity index is 793. The monoisotopic (exact) mass is 414 g/mol. The molecule has 3 heterocycles. The molecule has 0 saturated carbocycles. The molecule has 1 amide bonds. The molecule has 1 spiro atoms. The zero-order valence-corrected chi connectivity index (χ0v) is 18.5. The van der Waals surface area contributed by atoms with Gasteiger partial charge < -0.3 is 14.4 Å². The van der Waals surface area contributed by atoms with Gasteiger partial charge in [-0.15, -0.1) is 0 Å². The lowest BCUT2D eigenvalue weighted by molar-refractivity contribution is -0.151. The van der Waals surface area contributed by atoms with Crippen molar-refractivity contribution in [2.45, 2.75) is 71.1 Å². The molecule has 0 aromatic heterocycles. The first-order chi connectivity index (χ1) is 14.2. The highest BCUT2D eigenvalue weighted by atomic mass is 16.6. The Balaban J connectivity index is 1.26. The van der Waals surface area contributed by atoms with Gasteiger partial charge in [0, 0.05) is 39.1 Å². The van der Waals surface area contributed by atoms with E-state index in [0.29, 0.717) is 25.9 Å². The summed E-state index contributed by atoms with van der Waals surface area (Å²) in [5.74, 6) is -0.0691. The third kappa shape index (κ3) is 4.64. The van der Waals surface area contributed by atoms with E-state index in [1.165, 1.54) is 11.1 Å². The Hall–Kier alpha value is -2.08. The number of hydrogen-bond donors (Lipinski definition) is 0. The molecule has 1 atom stereocenters. The van der Waals surface area contributed by atoms with E-state index in [9.17, 15) is 9.59 Å². The molecular weight excluding hydrogens is 380 g/mol. The van der Waals surface area contributed by atoms with Crippen molar-refractivity contribution in [2.24, 2.45) is 5.41 Å². The van der Waals surface area contributed by atoms with Gasteiger partial charge in [-0.25, -0.2) is 4.79 Å². The van der Waals surface area contributed by atoms with Gasteiger partial charge in [0.25, 0.3) is 0 Å². The first-order valence-electron chi connectivity index (χ1n) is 11.2. The highest BCUT2D eigenvalue weighted by molar-refractivity contribution is 5.79. The second-order valence-corrected chi connectivity index (χ2v) is 10.1. The van der Waals surface area contributed by atoms with Crippen LogP contribution in [0.5, 0.6) is 0 Å². The SMILES string of the molecule is CC(C)(C)OC(=O)N1CCC2(CC1)CC(CCN1CCc3ccccc3C1)OC2=O. The minimum absolute atomic E-state index is 0.0113. The Morgan fingerprint density at radius 2 is 1.87 bits per heavy atom. The average Bonchev–Trinajstić information content (AvgIpc) is 3.00. The number of fused-ring (bicyclic) bond motifs is 1. The number of benzene rings is 1. The summed E-state index contributed by atoms with van der Waals surface area (Å²) in [4.78, 5) is 29.2. The van der Waals surface area contributed by atoms with Gasteiger partial charge in [-0.1, -0.05) is 24.3 Å². The number of likely N-dealkylation sites (tertiary alicyclic amines) is 1. The Morgan fingerprint density at radius 3 is 2.57 bits per heavy atom. The minimum atomic E-state index is -0.501. The smallest absolute Gasteiger partial charge is 0.410 e. The van der Waals surface area contributed by atoms with E-state index >= 15 is 0 Å². The second-order valence-electron chi connectivity index (χ2n) is 10.1. The fourth-order valence-corrected chi connectivity index (χ4v) is 4.92. The van der Waals surface area contributed by atoms with Gasteiger partial charge in [-0.3, -0.25) is 9.69 Å². The summed E-state index contributed by atoms with van der Waals surface area (Å²) in [5.41, 5.74) is 1.95. The predicted octanol–water partition coefficient (Wildman–Crippen LogP) is 3.77. The Labute approximate surface area is 179 Å². The molecule has 6 heteroatoms. The molecule has 0 bridgehead atoms. The van der Waals surface area contributed by atoms with Crippen LogP contribution in [-0.4, -0.2) is 59.7 Å². The van der Waals surface area contributed by atoms with Crippen molar-refractivity contribution in [1.29, 1.82) is 0 Å². The highest BCUT2D eigenvalue weighted by Crippen LogP contribution is 2.44. The van der Waals surface area contributed by atoms with Gasteiger partial charge in [-0.05, 0) is 57.6 Å². The number of amides is 1. The lowest BCUT2D eigenvalue weighted by atomic mass is 9.76. The van der Waals surface area contributed by atoms with Crippen LogP contribution in [0, 0.1) is 5.41 Å². The summed E-state index contributed by atoms with van der Waals surface area (Å²) in [6.07, 6.45) is 3.78. The summed E-state index contributed by atoms with van der Waals surface area (Å²) in [6.45, 7) is 9.72. The second kappa shape index (κ2) is 8.22.